The highest BCUT2D eigenvalue weighted by Crippen LogP contribution is 2.22. The van der Waals surface area contributed by atoms with Crippen molar-refractivity contribution < 1.29 is 0 Å². The van der Waals surface area contributed by atoms with E-state index in [4.69, 9.17) is 0 Å². The molecule has 1 atom stereocenters. The van der Waals surface area contributed by atoms with Crippen molar-refractivity contribution in [3.63, 3.8) is 0 Å². The number of nitrogens with zero attached hydrogens (tertiary/aromatic N) is 2. The first kappa shape index (κ1) is 13.8. The Morgan fingerprint density at radius 3 is 2.42 bits per heavy atom. The summed E-state index contributed by atoms with van der Waals surface area (Å²) in [7, 11) is 1.87. The van der Waals surface area contributed by atoms with Gasteiger partial charge in [0.05, 0.1) is 11.0 Å². The molecule has 1 aliphatic heterocycles. The summed E-state index contributed by atoms with van der Waals surface area (Å²) in [5.74, 6) is 1.64. The van der Waals surface area contributed by atoms with Gasteiger partial charge in [-0.05, 0) is 25.1 Å². The van der Waals surface area contributed by atoms with Gasteiger partial charge in [0.25, 0.3) is 0 Å². The minimum absolute atomic E-state index is 0. The summed E-state index contributed by atoms with van der Waals surface area (Å²) in [6.45, 7) is 2.05. The van der Waals surface area contributed by atoms with E-state index in [9.17, 15) is 0 Å². The largest absolute Gasteiger partial charge is 0.370 e. The Hall–Kier alpha value is -1.59. The van der Waals surface area contributed by atoms with Crippen LogP contribution in [0, 0.1) is 0 Å². The molecule has 2 aromatic rings. The summed E-state index contributed by atoms with van der Waals surface area (Å²) >= 11 is 0. The zero-order valence-corrected chi connectivity index (χ0v) is 11.6. The first-order chi connectivity index (χ1) is 8.86. The summed E-state index contributed by atoms with van der Waals surface area (Å²) in [5, 5.41) is 9.90. The van der Waals surface area contributed by atoms with E-state index >= 15 is 0 Å². The molecule has 5 nitrogen and oxygen atoms in total. The highest BCUT2D eigenvalue weighted by atomic mass is 35.5. The van der Waals surface area contributed by atoms with Crippen LogP contribution >= 0.6 is 12.4 Å². The van der Waals surface area contributed by atoms with Crippen LogP contribution < -0.4 is 16.0 Å². The molecule has 1 fully saturated rings. The van der Waals surface area contributed by atoms with Gasteiger partial charge in [-0.25, -0.2) is 9.97 Å². The second kappa shape index (κ2) is 6.04. The lowest BCUT2D eigenvalue weighted by atomic mass is 10.2. The quantitative estimate of drug-likeness (QED) is 0.801. The third-order valence-corrected chi connectivity index (χ3v) is 3.21. The van der Waals surface area contributed by atoms with Gasteiger partial charge in [-0.3, -0.25) is 0 Å². The molecule has 0 saturated carbocycles. The van der Waals surface area contributed by atoms with Gasteiger partial charge in [0.2, 0.25) is 0 Å². The van der Waals surface area contributed by atoms with Gasteiger partial charge in [-0.15, -0.1) is 12.4 Å². The van der Waals surface area contributed by atoms with E-state index in [-0.39, 0.29) is 12.4 Å². The van der Waals surface area contributed by atoms with Crippen molar-refractivity contribution in [2.45, 2.75) is 12.5 Å². The fourth-order valence-corrected chi connectivity index (χ4v) is 2.25. The first-order valence-corrected chi connectivity index (χ1v) is 6.28. The summed E-state index contributed by atoms with van der Waals surface area (Å²) in [5.41, 5.74) is 1.84. The monoisotopic (exact) mass is 279 g/mol. The summed E-state index contributed by atoms with van der Waals surface area (Å²) in [4.78, 5) is 9.22. The predicted molar refractivity (Wildman–Crippen MR) is 81.2 cm³/mol. The molecule has 0 unspecified atom stereocenters. The maximum absolute atomic E-state index is 4.65. The molecule has 1 aliphatic rings. The zero-order valence-electron chi connectivity index (χ0n) is 10.8. The lowest BCUT2D eigenvalue weighted by Gasteiger charge is -2.15. The second-order valence-electron chi connectivity index (χ2n) is 4.49. The molecule has 3 N–H and O–H groups in total. The fraction of sp³-hybridized carbons (Fsp3) is 0.385. The number of benzene rings is 1. The van der Waals surface area contributed by atoms with E-state index in [0.29, 0.717) is 6.04 Å². The number of aromatic nitrogens is 2. The number of hydrogen-bond donors (Lipinski definition) is 3. The van der Waals surface area contributed by atoms with Crippen molar-refractivity contribution in [2.75, 3.05) is 30.8 Å². The molecule has 1 aromatic carbocycles. The molecule has 3 rings (SSSR count). The molecule has 102 valence electrons. The zero-order chi connectivity index (χ0) is 12.4. The van der Waals surface area contributed by atoms with E-state index in [0.717, 1.165) is 42.2 Å². The van der Waals surface area contributed by atoms with E-state index in [1.165, 1.54) is 0 Å². The van der Waals surface area contributed by atoms with E-state index in [2.05, 4.69) is 25.9 Å². The van der Waals surface area contributed by atoms with Crippen LogP contribution in [0.4, 0.5) is 11.6 Å². The number of fused-ring (bicyclic) bond motifs is 1. The lowest BCUT2D eigenvalue weighted by molar-refractivity contribution is 0.788. The van der Waals surface area contributed by atoms with Crippen LogP contribution in [0.5, 0.6) is 0 Å². The van der Waals surface area contributed by atoms with Crippen molar-refractivity contribution in [1.82, 2.24) is 15.3 Å². The Morgan fingerprint density at radius 1 is 1.16 bits per heavy atom. The maximum Gasteiger partial charge on any atom is 0.170 e. The summed E-state index contributed by atoms with van der Waals surface area (Å²) < 4.78 is 0. The minimum Gasteiger partial charge on any atom is -0.370 e. The van der Waals surface area contributed by atoms with Crippen LogP contribution in [0.25, 0.3) is 11.0 Å². The van der Waals surface area contributed by atoms with Gasteiger partial charge in [-0.2, -0.15) is 0 Å². The lowest BCUT2D eigenvalue weighted by Crippen LogP contribution is -2.23. The Bertz CT molecular complexity index is 554. The van der Waals surface area contributed by atoms with Crippen LogP contribution in [0.15, 0.2) is 24.3 Å². The third kappa shape index (κ3) is 2.88. The Kier molecular flexibility index (Phi) is 4.39. The number of rotatable bonds is 3. The molecule has 0 radical (unpaired) electrons. The maximum atomic E-state index is 4.65. The van der Waals surface area contributed by atoms with Gasteiger partial charge in [0.1, 0.15) is 0 Å². The standard InChI is InChI=1S/C13H17N5.ClH/c1-14-12-13(16-9-6-7-15-8-9)18-11-5-3-2-4-10(11)17-12;/h2-5,9,15H,6-8H2,1H3,(H,14,17)(H,16,18);1H/t9-;/m1./s1. The summed E-state index contributed by atoms with van der Waals surface area (Å²) in [6.07, 6.45) is 1.12. The van der Waals surface area contributed by atoms with Crippen LogP contribution in [-0.4, -0.2) is 36.1 Å². The molecule has 19 heavy (non-hydrogen) atoms. The third-order valence-electron chi connectivity index (χ3n) is 3.21. The van der Waals surface area contributed by atoms with Crippen LogP contribution in [0.3, 0.4) is 0 Å². The SMILES string of the molecule is CNc1nc2ccccc2nc1N[C@@H]1CCNC1.Cl. The van der Waals surface area contributed by atoms with Crippen molar-refractivity contribution in [3.8, 4) is 0 Å². The van der Waals surface area contributed by atoms with Crippen LogP contribution in [0.2, 0.25) is 0 Å². The van der Waals surface area contributed by atoms with Crippen molar-refractivity contribution in [3.05, 3.63) is 24.3 Å². The number of para-hydroxylation sites is 2. The van der Waals surface area contributed by atoms with Crippen LogP contribution in [-0.2, 0) is 0 Å². The normalized spacial score (nSPS) is 18.1. The molecule has 0 amide bonds. The molecule has 0 bridgehead atoms. The minimum atomic E-state index is 0. The average Bonchev–Trinajstić information content (AvgIpc) is 2.91. The van der Waals surface area contributed by atoms with Gasteiger partial charge < -0.3 is 16.0 Å². The van der Waals surface area contributed by atoms with Gasteiger partial charge >= 0.3 is 0 Å². The predicted octanol–water partition coefficient (Wildman–Crippen LogP) is 1.87. The van der Waals surface area contributed by atoms with Gasteiger partial charge in [0, 0.05) is 19.6 Å². The van der Waals surface area contributed by atoms with Crippen molar-refractivity contribution >= 4 is 35.1 Å². The summed E-state index contributed by atoms with van der Waals surface area (Å²) in [6, 6.07) is 8.36. The first-order valence-electron chi connectivity index (χ1n) is 6.28. The molecular weight excluding hydrogens is 262 g/mol. The van der Waals surface area contributed by atoms with Crippen molar-refractivity contribution in [2.24, 2.45) is 0 Å². The second-order valence-corrected chi connectivity index (χ2v) is 4.49. The number of nitrogens with one attached hydrogen (secondary N) is 3. The van der Waals surface area contributed by atoms with Gasteiger partial charge in [-0.1, -0.05) is 12.1 Å². The molecule has 6 heteroatoms. The Balaban J connectivity index is 0.00000133. The number of anilines is 2. The van der Waals surface area contributed by atoms with Crippen LogP contribution in [0.1, 0.15) is 6.42 Å². The molecule has 0 aliphatic carbocycles. The fourth-order valence-electron chi connectivity index (χ4n) is 2.25. The average molecular weight is 280 g/mol. The van der Waals surface area contributed by atoms with E-state index in [1.807, 2.05) is 31.3 Å². The highest BCUT2D eigenvalue weighted by Gasteiger charge is 2.17. The van der Waals surface area contributed by atoms with E-state index < -0.39 is 0 Å². The Labute approximate surface area is 118 Å². The molecule has 2 heterocycles. The topological polar surface area (TPSA) is 61.9 Å². The molecule has 1 saturated heterocycles. The van der Waals surface area contributed by atoms with Crippen molar-refractivity contribution in [1.29, 1.82) is 0 Å². The molecular formula is C13H18ClN5. The smallest absolute Gasteiger partial charge is 0.170 e. The Morgan fingerprint density at radius 2 is 1.84 bits per heavy atom. The number of halogens is 1. The van der Waals surface area contributed by atoms with Gasteiger partial charge in [0.15, 0.2) is 11.6 Å². The number of hydrogen-bond acceptors (Lipinski definition) is 5. The van der Waals surface area contributed by atoms with E-state index in [1.54, 1.807) is 0 Å². The molecule has 1 aromatic heterocycles. The molecule has 0 spiro atoms. The highest BCUT2D eigenvalue weighted by molar-refractivity contribution is 5.85.